The normalized spacial score (nSPS) is 11.6. The van der Waals surface area contributed by atoms with Crippen LogP contribution in [-0.2, 0) is 6.54 Å². The molecule has 3 rings (SSSR count). The number of carbonyl (C=O) groups is 2. The van der Waals surface area contributed by atoms with E-state index in [-0.39, 0.29) is 11.9 Å². The summed E-state index contributed by atoms with van der Waals surface area (Å²) in [7, 11) is 0. The van der Waals surface area contributed by atoms with Crippen molar-refractivity contribution in [1.29, 1.82) is 0 Å². The Morgan fingerprint density at radius 3 is 2.41 bits per heavy atom. The topological polar surface area (TPSA) is 115 Å². The molecule has 1 atom stereocenters. The zero-order valence-electron chi connectivity index (χ0n) is 14.8. The number of nitrogens with two attached hydrogens (primary N) is 1. The zero-order chi connectivity index (χ0) is 19.2. The Labute approximate surface area is 156 Å². The van der Waals surface area contributed by atoms with Crippen molar-refractivity contribution in [3.8, 4) is 0 Å². The van der Waals surface area contributed by atoms with Crippen LogP contribution in [-0.4, -0.2) is 26.7 Å². The number of amides is 3. The van der Waals surface area contributed by atoms with Crippen LogP contribution >= 0.6 is 0 Å². The summed E-state index contributed by atoms with van der Waals surface area (Å²) < 4.78 is 1.72. The lowest BCUT2D eigenvalue weighted by molar-refractivity contribution is 0.0940. The van der Waals surface area contributed by atoms with Gasteiger partial charge >= 0.3 is 6.03 Å². The smallest absolute Gasteiger partial charge is 0.316 e. The monoisotopic (exact) mass is 364 g/mol. The molecular formula is C19H20N6O2. The molecule has 27 heavy (non-hydrogen) atoms. The molecule has 3 amide bonds. The molecule has 0 aliphatic heterocycles. The number of rotatable bonds is 6. The maximum Gasteiger partial charge on any atom is 0.316 e. The highest BCUT2D eigenvalue weighted by Gasteiger charge is 2.12. The van der Waals surface area contributed by atoms with Crippen LogP contribution in [0.2, 0.25) is 0 Å². The highest BCUT2D eigenvalue weighted by Crippen LogP contribution is 2.17. The lowest BCUT2D eigenvalue weighted by atomic mass is 10.1. The summed E-state index contributed by atoms with van der Waals surface area (Å²) in [4.78, 5) is 27.2. The molecule has 0 fully saturated rings. The van der Waals surface area contributed by atoms with E-state index in [9.17, 15) is 9.59 Å². The van der Waals surface area contributed by atoms with Crippen molar-refractivity contribution >= 4 is 17.6 Å². The summed E-state index contributed by atoms with van der Waals surface area (Å²) in [6.45, 7) is 2.50. The molecule has 1 aromatic heterocycles. The standard InChI is InChI=1S/C19H20N6O2/c1-13(15-6-8-17(9-7-15)24-19(20)27)23-18(26)16-4-2-14(3-5-16)10-25-12-21-11-22-25/h2-9,11-13H,10H2,1H3,(H,23,26)(H3,20,24,27). The number of hydrogen-bond donors (Lipinski definition) is 3. The molecule has 1 heterocycles. The van der Waals surface area contributed by atoms with Gasteiger partial charge in [0.1, 0.15) is 12.7 Å². The predicted octanol–water partition coefficient (Wildman–Crippen LogP) is 2.31. The third-order valence-electron chi connectivity index (χ3n) is 4.05. The van der Waals surface area contributed by atoms with E-state index in [1.54, 1.807) is 35.3 Å². The van der Waals surface area contributed by atoms with E-state index in [2.05, 4.69) is 20.7 Å². The number of benzene rings is 2. The van der Waals surface area contributed by atoms with Crippen molar-refractivity contribution in [1.82, 2.24) is 20.1 Å². The third kappa shape index (κ3) is 4.91. The van der Waals surface area contributed by atoms with Gasteiger partial charge in [-0.05, 0) is 42.3 Å². The molecule has 3 aromatic rings. The summed E-state index contributed by atoms with van der Waals surface area (Å²) in [5.41, 5.74) is 8.22. The van der Waals surface area contributed by atoms with Gasteiger partial charge in [-0.1, -0.05) is 24.3 Å². The fourth-order valence-electron chi connectivity index (χ4n) is 2.62. The molecule has 0 spiro atoms. The molecule has 0 aliphatic carbocycles. The van der Waals surface area contributed by atoms with Gasteiger partial charge in [-0.25, -0.2) is 14.5 Å². The first-order valence-corrected chi connectivity index (χ1v) is 8.40. The van der Waals surface area contributed by atoms with Crippen LogP contribution in [0, 0.1) is 0 Å². The Morgan fingerprint density at radius 2 is 1.81 bits per heavy atom. The van der Waals surface area contributed by atoms with Gasteiger partial charge in [0.2, 0.25) is 0 Å². The van der Waals surface area contributed by atoms with Gasteiger partial charge in [-0.15, -0.1) is 0 Å². The summed E-state index contributed by atoms with van der Waals surface area (Å²) in [6, 6.07) is 13.7. The van der Waals surface area contributed by atoms with Crippen molar-refractivity contribution < 1.29 is 9.59 Å². The molecule has 138 valence electrons. The lowest BCUT2D eigenvalue weighted by Gasteiger charge is -2.15. The molecule has 2 aromatic carbocycles. The quantitative estimate of drug-likeness (QED) is 0.622. The Hall–Kier alpha value is -3.68. The summed E-state index contributed by atoms with van der Waals surface area (Å²) in [6.07, 6.45) is 3.13. The van der Waals surface area contributed by atoms with E-state index >= 15 is 0 Å². The molecular weight excluding hydrogens is 344 g/mol. The predicted molar refractivity (Wildman–Crippen MR) is 101 cm³/mol. The maximum absolute atomic E-state index is 12.5. The van der Waals surface area contributed by atoms with Crippen LogP contribution in [0.25, 0.3) is 0 Å². The molecule has 8 heteroatoms. The summed E-state index contributed by atoms with van der Waals surface area (Å²) in [5, 5.41) is 9.52. The number of hydrogen-bond acceptors (Lipinski definition) is 4. The molecule has 8 nitrogen and oxygen atoms in total. The van der Waals surface area contributed by atoms with Crippen molar-refractivity contribution in [2.75, 3.05) is 5.32 Å². The summed E-state index contributed by atoms with van der Waals surface area (Å²) in [5.74, 6) is -0.158. The van der Waals surface area contributed by atoms with Crippen molar-refractivity contribution in [2.45, 2.75) is 19.5 Å². The first kappa shape index (κ1) is 18.1. The minimum Gasteiger partial charge on any atom is -0.351 e. The largest absolute Gasteiger partial charge is 0.351 e. The third-order valence-corrected chi connectivity index (χ3v) is 4.05. The SMILES string of the molecule is CC(NC(=O)c1ccc(Cn2cncn2)cc1)c1ccc(NC(N)=O)cc1. The van der Waals surface area contributed by atoms with Gasteiger partial charge in [0.05, 0.1) is 12.6 Å². The lowest BCUT2D eigenvalue weighted by Crippen LogP contribution is -2.26. The first-order chi connectivity index (χ1) is 13.0. The number of urea groups is 1. The highest BCUT2D eigenvalue weighted by atomic mass is 16.2. The fourth-order valence-corrected chi connectivity index (χ4v) is 2.62. The van der Waals surface area contributed by atoms with E-state index in [1.165, 1.54) is 6.33 Å². The fraction of sp³-hybridized carbons (Fsp3) is 0.158. The van der Waals surface area contributed by atoms with Crippen LogP contribution in [0.5, 0.6) is 0 Å². The Balaban J connectivity index is 1.59. The van der Waals surface area contributed by atoms with Crippen LogP contribution in [0.3, 0.4) is 0 Å². The molecule has 0 aliphatic rings. The second-order valence-corrected chi connectivity index (χ2v) is 6.10. The van der Waals surface area contributed by atoms with Gasteiger partial charge in [-0.3, -0.25) is 4.79 Å². The zero-order valence-corrected chi connectivity index (χ0v) is 14.8. The summed E-state index contributed by atoms with van der Waals surface area (Å²) >= 11 is 0. The maximum atomic E-state index is 12.5. The number of carbonyl (C=O) groups excluding carboxylic acids is 2. The van der Waals surface area contributed by atoms with E-state index in [1.807, 2.05) is 31.2 Å². The number of nitrogens with zero attached hydrogens (tertiary/aromatic N) is 3. The van der Waals surface area contributed by atoms with Gasteiger partial charge in [0.25, 0.3) is 5.91 Å². The van der Waals surface area contributed by atoms with Crippen LogP contribution < -0.4 is 16.4 Å². The van der Waals surface area contributed by atoms with Gasteiger partial charge in [0.15, 0.2) is 0 Å². The first-order valence-electron chi connectivity index (χ1n) is 8.40. The van der Waals surface area contributed by atoms with E-state index < -0.39 is 6.03 Å². The number of nitrogens with one attached hydrogen (secondary N) is 2. The average molecular weight is 364 g/mol. The molecule has 1 unspecified atom stereocenters. The Bertz CT molecular complexity index is 904. The van der Waals surface area contributed by atoms with Gasteiger partial charge in [-0.2, -0.15) is 5.10 Å². The second kappa shape index (κ2) is 8.13. The van der Waals surface area contributed by atoms with E-state index in [0.29, 0.717) is 17.8 Å². The second-order valence-electron chi connectivity index (χ2n) is 6.10. The van der Waals surface area contributed by atoms with E-state index in [0.717, 1.165) is 11.1 Å². The molecule has 0 saturated heterocycles. The van der Waals surface area contributed by atoms with Gasteiger partial charge < -0.3 is 16.4 Å². The molecule has 0 saturated carbocycles. The average Bonchev–Trinajstić information content (AvgIpc) is 3.15. The van der Waals surface area contributed by atoms with Crippen LogP contribution in [0.1, 0.15) is 34.5 Å². The molecule has 0 radical (unpaired) electrons. The highest BCUT2D eigenvalue weighted by molar-refractivity contribution is 5.94. The van der Waals surface area contributed by atoms with Crippen LogP contribution in [0.15, 0.2) is 61.2 Å². The Kier molecular flexibility index (Phi) is 5.46. The molecule has 4 N–H and O–H groups in total. The van der Waals surface area contributed by atoms with Crippen molar-refractivity contribution in [2.24, 2.45) is 5.73 Å². The van der Waals surface area contributed by atoms with Crippen molar-refractivity contribution in [3.05, 3.63) is 77.9 Å². The number of primary amides is 1. The van der Waals surface area contributed by atoms with Gasteiger partial charge in [0, 0.05) is 11.3 Å². The Morgan fingerprint density at radius 1 is 1.11 bits per heavy atom. The van der Waals surface area contributed by atoms with Crippen LogP contribution in [0.4, 0.5) is 10.5 Å². The van der Waals surface area contributed by atoms with Crippen molar-refractivity contribution in [3.63, 3.8) is 0 Å². The van der Waals surface area contributed by atoms with E-state index in [4.69, 9.17) is 5.73 Å². The minimum atomic E-state index is -0.614. The minimum absolute atomic E-state index is 0.158. The molecule has 0 bridgehead atoms. The number of aromatic nitrogens is 3. The number of anilines is 1.